The molecule has 0 aromatic carbocycles. The first-order valence-electron chi connectivity index (χ1n) is 5.16. The molecular weight excluding hydrogens is 176 g/mol. The van der Waals surface area contributed by atoms with Gasteiger partial charge in [-0.1, -0.05) is 13.8 Å². The molecule has 0 radical (unpaired) electrons. The molecule has 0 unspecified atom stereocenters. The summed E-state index contributed by atoms with van der Waals surface area (Å²) >= 11 is 0. The molecule has 0 aliphatic carbocycles. The summed E-state index contributed by atoms with van der Waals surface area (Å²) in [7, 11) is 0. The Morgan fingerprint density at radius 1 is 1.50 bits per heavy atom. The van der Waals surface area contributed by atoms with Gasteiger partial charge in [-0.2, -0.15) is 0 Å². The lowest BCUT2D eigenvalue weighted by atomic mass is 10.2. The Bertz CT molecular complexity index is 256. The molecule has 0 aliphatic heterocycles. The van der Waals surface area contributed by atoms with Gasteiger partial charge in [0.25, 0.3) is 0 Å². The van der Waals surface area contributed by atoms with Crippen LogP contribution in [0.15, 0.2) is 18.3 Å². The van der Waals surface area contributed by atoms with Gasteiger partial charge < -0.3 is 15.0 Å². The summed E-state index contributed by atoms with van der Waals surface area (Å²) in [6.45, 7) is 7.39. The highest BCUT2D eigenvalue weighted by molar-refractivity contribution is 5.06. The van der Waals surface area contributed by atoms with Crippen LogP contribution in [0.3, 0.4) is 0 Å². The van der Waals surface area contributed by atoms with Crippen molar-refractivity contribution in [2.24, 2.45) is 11.7 Å². The van der Waals surface area contributed by atoms with E-state index in [1.807, 2.05) is 18.3 Å². The predicted molar refractivity (Wildman–Crippen MR) is 58.0 cm³/mol. The number of nitrogens with zero attached hydrogens (tertiary/aromatic N) is 1. The van der Waals surface area contributed by atoms with Crippen molar-refractivity contribution in [2.75, 3.05) is 13.2 Å². The highest BCUT2D eigenvalue weighted by atomic mass is 16.5. The third-order valence-electron chi connectivity index (χ3n) is 2.06. The van der Waals surface area contributed by atoms with E-state index in [0.29, 0.717) is 12.5 Å². The van der Waals surface area contributed by atoms with E-state index in [4.69, 9.17) is 10.5 Å². The monoisotopic (exact) mass is 196 g/mol. The van der Waals surface area contributed by atoms with Gasteiger partial charge in [0, 0.05) is 31.6 Å². The number of ether oxygens (including phenoxy) is 1. The minimum atomic E-state index is 0.594. The first kappa shape index (κ1) is 11.3. The Morgan fingerprint density at radius 2 is 2.29 bits per heavy atom. The predicted octanol–water partition coefficient (Wildman–Crippen LogP) is 1.62. The van der Waals surface area contributed by atoms with Crippen LogP contribution in [0.25, 0.3) is 0 Å². The molecule has 0 bridgehead atoms. The zero-order valence-corrected chi connectivity index (χ0v) is 9.07. The summed E-state index contributed by atoms with van der Waals surface area (Å²) in [6.07, 6.45) is 2.04. The second-order valence-corrected chi connectivity index (χ2v) is 3.87. The van der Waals surface area contributed by atoms with E-state index in [2.05, 4.69) is 18.4 Å². The zero-order valence-electron chi connectivity index (χ0n) is 9.07. The third kappa shape index (κ3) is 3.52. The molecule has 0 spiro atoms. The lowest BCUT2D eigenvalue weighted by Crippen LogP contribution is -2.12. The number of hydrogen-bond donors (Lipinski definition) is 1. The van der Waals surface area contributed by atoms with E-state index in [9.17, 15) is 0 Å². The zero-order chi connectivity index (χ0) is 10.4. The van der Waals surface area contributed by atoms with Crippen LogP contribution in [0.4, 0.5) is 0 Å². The summed E-state index contributed by atoms with van der Waals surface area (Å²) in [5, 5.41) is 0. The average Bonchev–Trinajstić information content (AvgIpc) is 2.59. The fourth-order valence-electron chi connectivity index (χ4n) is 1.33. The van der Waals surface area contributed by atoms with Crippen LogP contribution in [0.5, 0.6) is 0 Å². The Hall–Kier alpha value is -0.800. The largest absolute Gasteiger partial charge is 0.379 e. The van der Waals surface area contributed by atoms with Crippen molar-refractivity contribution in [3.63, 3.8) is 0 Å². The van der Waals surface area contributed by atoms with E-state index in [-0.39, 0.29) is 0 Å². The molecule has 3 heteroatoms. The minimum absolute atomic E-state index is 0.594. The molecule has 0 saturated heterocycles. The molecule has 1 aromatic rings. The van der Waals surface area contributed by atoms with E-state index in [1.54, 1.807) is 0 Å². The van der Waals surface area contributed by atoms with Gasteiger partial charge in [0.15, 0.2) is 0 Å². The molecule has 0 atom stereocenters. The van der Waals surface area contributed by atoms with E-state index in [0.717, 1.165) is 25.5 Å². The average molecular weight is 196 g/mol. The molecule has 0 saturated carbocycles. The maximum Gasteiger partial charge on any atom is 0.0645 e. The van der Waals surface area contributed by atoms with Crippen molar-refractivity contribution in [1.82, 2.24) is 4.57 Å². The Morgan fingerprint density at radius 3 is 2.93 bits per heavy atom. The van der Waals surface area contributed by atoms with Crippen LogP contribution in [0.2, 0.25) is 0 Å². The molecule has 0 fully saturated rings. The van der Waals surface area contributed by atoms with Crippen molar-refractivity contribution in [2.45, 2.75) is 26.9 Å². The Balaban J connectivity index is 2.24. The highest BCUT2D eigenvalue weighted by Crippen LogP contribution is 2.01. The molecule has 0 amide bonds. The van der Waals surface area contributed by atoms with Gasteiger partial charge >= 0.3 is 0 Å². The van der Waals surface area contributed by atoms with Crippen LogP contribution in [0, 0.1) is 5.92 Å². The molecule has 3 nitrogen and oxygen atoms in total. The lowest BCUT2D eigenvalue weighted by Gasteiger charge is -2.09. The summed E-state index contributed by atoms with van der Waals surface area (Å²) in [5.41, 5.74) is 6.75. The summed E-state index contributed by atoms with van der Waals surface area (Å²) < 4.78 is 7.65. The quantitative estimate of drug-likeness (QED) is 0.702. The van der Waals surface area contributed by atoms with Gasteiger partial charge in [-0.3, -0.25) is 0 Å². The first-order chi connectivity index (χ1) is 6.74. The Labute approximate surface area is 85.9 Å². The topological polar surface area (TPSA) is 40.2 Å². The third-order valence-corrected chi connectivity index (χ3v) is 2.06. The van der Waals surface area contributed by atoms with Crippen LogP contribution in [-0.4, -0.2) is 17.8 Å². The van der Waals surface area contributed by atoms with Crippen LogP contribution in [0.1, 0.15) is 19.5 Å². The van der Waals surface area contributed by atoms with Crippen molar-refractivity contribution < 1.29 is 4.74 Å². The van der Waals surface area contributed by atoms with E-state index in [1.165, 1.54) is 0 Å². The van der Waals surface area contributed by atoms with Gasteiger partial charge in [0.05, 0.1) is 6.61 Å². The maximum atomic E-state index is 5.59. The summed E-state index contributed by atoms with van der Waals surface area (Å²) in [4.78, 5) is 0. The van der Waals surface area contributed by atoms with Gasteiger partial charge in [-0.25, -0.2) is 0 Å². The second-order valence-electron chi connectivity index (χ2n) is 3.87. The van der Waals surface area contributed by atoms with Crippen molar-refractivity contribution in [3.8, 4) is 0 Å². The van der Waals surface area contributed by atoms with E-state index < -0.39 is 0 Å². The number of hydrogen-bond acceptors (Lipinski definition) is 2. The lowest BCUT2D eigenvalue weighted by molar-refractivity contribution is 0.103. The van der Waals surface area contributed by atoms with Crippen molar-refractivity contribution in [1.29, 1.82) is 0 Å². The molecule has 1 rings (SSSR count). The van der Waals surface area contributed by atoms with Crippen molar-refractivity contribution >= 4 is 0 Å². The van der Waals surface area contributed by atoms with Crippen LogP contribution in [-0.2, 0) is 17.8 Å². The number of rotatable bonds is 6. The fraction of sp³-hybridized carbons (Fsp3) is 0.636. The van der Waals surface area contributed by atoms with Gasteiger partial charge in [-0.05, 0) is 18.1 Å². The van der Waals surface area contributed by atoms with Crippen LogP contribution < -0.4 is 5.73 Å². The van der Waals surface area contributed by atoms with Gasteiger partial charge in [0.1, 0.15) is 0 Å². The minimum Gasteiger partial charge on any atom is -0.379 e. The molecular formula is C11H20N2O. The second kappa shape index (κ2) is 5.83. The van der Waals surface area contributed by atoms with Gasteiger partial charge in [0.2, 0.25) is 0 Å². The standard InChI is InChI=1S/C11H20N2O/c1-10(2)9-14-7-6-13-5-3-4-11(13)8-12/h3-5,10H,6-9,12H2,1-2H3. The molecule has 0 aliphatic rings. The first-order valence-corrected chi connectivity index (χ1v) is 5.16. The molecule has 80 valence electrons. The fourth-order valence-corrected chi connectivity index (χ4v) is 1.33. The van der Waals surface area contributed by atoms with E-state index >= 15 is 0 Å². The van der Waals surface area contributed by atoms with Crippen LogP contribution >= 0.6 is 0 Å². The maximum absolute atomic E-state index is 5.59. The SMILES string of the molecule is CC(C)COCCn1cccc1CN. The molecule has 1 aromatic heterocycles. The highest BCUT2D eigenvalue weighted by Gasteiger charge is 1.98. The smallest absolute Gasteiger partial charge is 0.0645 e. The van der Waals surface area contributed by atoms with Crippen molar-refractivity contribution in [3.05, 3.63) is 24.0 Å². The number of aromatic nitrogens is 1. The van der Waals surface area contributed by atoms with Gasteiger partial charge in [-0.15, -0.1) is 0 Å². The normalized spacial score (nSPS) is 11.1. The Kier molecular flexibility index (Phi) is 4.70. The summed E-state index contributed by atoms with van der Waals surface area (Å²) in [6, 6.07) is 4.06. The summed E-state index contributed by atoms with van der Waals surface area (Å²) in [5.74, 6) is 0.605. The molecule has 2 N–H and O–H groups in total. The molecule has 14 heavy (non-hydrogen) atoms. The molecule has 1 heterocycles. The number of nitrogens with two attached hydrogens (primary N) is 1.